The lowest BCUT2D eigenvalue weighted by Gasteiger charge is -2.08. The van der Waals surface area contributed by atoms with Crippen LogP contribution in [0.5, 0.6) is 0 Å². The highest BCUT2D eigenvalue weighted by Crippen LogP contribution is 2.41. The van der Waals surface area contributed by atoms with E-state index >= 15 is 0 Å². The molecule has 3 aromatic heterocycles. The maximum atomic E-state index is 6.53. The zero-order valence-electron chi connectivity index (χ0n) is 27.6. The van der Waals surface area contributed by atoms with Crippen LogP contribution < -0.4 is 4.57 Å². The van der Waals surface area contributed by atoms with Crippen LogP contribution in [-0.4, -0.2) is 0 Å². The van der Waals surface area contributed by atoms with Gasteiger partial charge in [0.25, 0.3) is 0 Å². The molecule has 3 nitrogen and oxygen atoms in total. The third kappa shape index (κ3) is 4.48. The minimum atomic E-state index is 0.858. The lowest BCUT2D eigenvalue weighted by Crippen LogP contribution is -2.35. The smallest absolute Gasteiger partial charge is 0.211 e. The van der Waals surface area contributed by atoms with E-state index in [1.54, 1.807) is 0 Å². The number of rotatable bonds is 4. The van der Waals surface area contributed by atoms with E-state index in [0.29, 0.717) is 0 Å². The summed E-state index contributed by atoms with van der Waals surface area (Å²) in [5.41, 5.74) is 17.0. The molecule has 11 rings (SSSR count). The molecule has 0 aliphatic heterocycles. The highest BCUT2D eigenvalue weighted by molar-refractivity contribution is 6.15. The molecule has 0 fully saturated rings. The van der Waals surface area contributed by atoms with Gasteiger partial charge in [-0.25, -0.2) is 0 Å². The van der Waals surface area contributed by atoms with Crippen molar-refractivity contribution in [2.45, 2.75) is 6.42 Å². The monoisotopic (exact) mass is 652 g/mol. The molecule has 0 saturated heterocycles. The van der Waals surface area contributed by atoms with Gasteiger partial charge in [-0.1, -0.05) is 109 Å². The molecule has 0 spiro atoms. The first kappa shape index (κ1) is 28.2. The quantitative estimate of drug-likeness (QED) is 0.177. The average Bonchev–Trinajstić information content (AvgIpc) is 3.87. The Hall–Kier alpha value is -6.71. The maximum Gasteiger partial charge on any atom is 0.211 e. The van der Waals surface area contributed by atoms with Crippen LogP contribution in [0.25, 0.3) is 94.1 Å². The first-order valence-corrected chi connectivity index (χ1v) is 17.4. The lowest BCUT2D eigenvalue weighted by atomic mass is 9.97. The minimum absolute atomic E-state index is 0.858. The van der Waals surface area contributed by atoms with Crippen molar-refractivity contribution >= 4 is 43.9 Å². The van der Waals surface area contributed by atoms with E-state index in [1.165, 1.54) is 55.8 Å². The molecule has 0 bridgehead atoms. The van der Waals surface area contributed by atoms with Gasteiger partial charge in [-0.2, -0.15) is 4.57 Å². The fraction of sp³-hybridized carbons (Fsp3) is 0.0208. The number of aromatic nitrogens is 1. The van der Waals surface area contributed by atoms with Gasteiger partial charge >= 0.3 is 0 Å². The zero-order chi connectivity index (χ0) is 33.5. The van der Waals surface area contributed by atoms with Crippen molar-refractivity contribution in [1.29, 1.82) is 0 Å². The number of benzene rings is 7. The Morgan fingerprint density at radius 3 is 1.53 bits per heavy atom. The number of pyridine rings is 1. The van der Waals surface area contributed by atoms with E-state index in [9.17, 15) is 0 Å². The van der Waals surface area contributed by atoms with Crippen molar-refractivity contribution in [2.24, 2.45) is 0 Å². The molecule has 3 heteroatoms. The van der Waals surface area contributed by atoms with Gasteiger partial charge in [0, 0.05) is 39.2 Å². The van der Waals surface area contributed by atoms with E-state index in [4.69, 9.17) is 8.83 Å². The van der Waals surface area contributed by atoms with Crippen molar-refractivity contribution in [2.75, 3.05) is 0 Å². The van der Waals surface area contributed by atoms with Gasteiger partial charge in [-0.15, -0.1) is 0 Å². The second kappa shape index (κ2) is 10.9. The molecule has 51 heavy (non-hydrogen) atoms. The average molecular weight is 653 g/mol. The summed E-state index contributed by atoms with van der Waals surface area (Å²) >= 11 is 0. The highest BCUT2D eigenvalue weighted by Gasteiger charge is 2.30. The first-order valence-electron chi connectivity index (χ1n) is 17.4. The Balaban J connectivity index is 1.08. The summed E-state index contributed by atoms with van der Waals surface area (Å²) in [6.07, 6.45) is 3.16. The van der Waals surface area contributed by atoms with Gasteiger partial charge in [-0.05, 0) is 81.4 Å². The van der Waals surface area contributed by atoms with Crippen LogP contribution in [0, 0.1) is 0 Å². The summed E-state index contributed by atoms with van der Waals surface area (Å²) < 4.78 is 15.4. The third-order valence-electron chi connectivity index (χ3n) is 10.6. The van der Waals surface area contributed by atoms with Crippen LogP contribution in [0.4, 0.5) is 0 Å². The largest absolute Gasteiger partial charge is 0.456 e. The molecule has 7 aromatic carbocycles. The number of nitrogens with zero attached hydrogens (tertiary/aromatic N) is 1. The SMILES string of the molecule is c1ccc(-c2ccc3c(c2)-c2cc(-c4ccccc4)c[n+](-c4ccc5oc6cc7c(cc6c5c4)oc4ccc(-c5ccccc5)cc47)c2C3)cc1. The molecular formula is C48H30NO2+. The molecule has 0 amide bonds. The van der Waals surface area contributed by atoms with Crippen molar-refractivity contribution in [3.05, 3.63) is 181 Å². The second-order valence-electron chi connectivity index (χ2n) is 13.5. The third-order valence-corrected chi connectivity index (χ3v) is 10.6. The van der Waals surface area contributed by atoms with Gasteiger partial charge in [-0.3, -0.25) is 0 Å². The molecule has 0 saturated carbocycles. The maximum absolute atomic E-state index is 6.53. The van der Waals surface area contributed by atoms with Gasteiger partial charge in [0.05, 0.1) is 12.0 Å². The van der Waals surface area contributed by atoms with Crippen molar-refractivity contribution in [3.8, 4) is 50.2 Å². The van der Waals surface area contributed by atoms with Crippen LogP contribution >= 0.6 is 0 Å². The summed E-state index contributed by atoms with van der Waals surface area (Å²) in [7, 11) is 0. The van der Waals surface area contributed by atoms with Gasteiger partial charge in [0.15, 0.2) is 11.9 Å². The van der Waals surface area contributed by atoms with E-state index in [1.807, 2.05) is 6.07 Å². The van der Waals surface area contributed by atoms with Crippen molar-refractivity contribution < 1.29 is 13.4 Å². The zero-order valence-corrected chi connectivity index (χ0v) is 27.6. The van der Waals surface area contributed by atoms with E-state index in [2.05, 4.69) is 168 Å². The van der Waals surface area contributed by atoms with Gasteiger partial charge in [0.2, 0.25) is 5.69 Å². The number of fused-ring (bicyclic) bond motifs is 9. The number of hydrogen-bond acceptors (Lipinski definition) is 2. The summed E-state index contributed by atoms with van der Waals surface area (Å²) in [4.78, 5) is 0. The van der Waals surface area contributed by atoms with Crippen LogP contribution in [0.15, 0.2) is 179 Å². The summed E-state index contributed by atoms with van der Waals surface area (Å²) in [6.45, 7) is 0. The Labute approximate surface area is 294 Å². The fourth-order valence-corrected chi connectivity index (χ4v) is 8.02. The summed E-state index contributed by atoms with van der Waals surface area (Å²) in [5.74, 6) is 0. The second-order valence-corrected chi connectivity index (χ2v) is 13.5. The lowest BCUT2D eigenvalue weighted by molar-refractivity contribution is -0.602. The number of hydrogen-bond donors (Lipinski definition) is 0. The molecule has 3 heterocycles. The Morgan fingerprint density at radius 2 is 0.882 bits per heavy atom. The summed E-state index contributed by atoms with van der Waals surface area (Å²) in [5, 5.41) is 4.27. The molecule has 1 aliphatic rings. The molecule has 0 atom stereocenters. The molecule has 1 aliphatic carbocycles. The molecule has 0 radical (unpaired) electrons. The highest BCUT2D eigenvalue weighted by atomic mass is 16.3. The molecule has 238 valence electrons. The van der Waals surface area contributed by atoms with E-state index in [0.717, 1.165) is 56.0 Å². The van der Waals surface area contributed by atoms with E-state index in [-0.39, 0.29) is 0 Å². The predicted octanol–water partition coefficient (Wildman–Crippen LogP) is 12.3. The molecule has 0 unspecified atom stereocenters. The van der Waals surface area contributed by atoms with Gasteiger partial charge in [0.1, 0.15) is 22.3 Å². The van der Waals surface area contributed by atoms with E-state index < -0.39 is 0 Å². The number of furan rings is 2. The normalized spacial score (nSPS) is 12.2. The Bertz CT molecular complexity index is 2970. The van der Waals surface area contributed by atoms with Crippen LogP contribution in [-0.2, 0) is 6.42 Å². The van der Waals surface area contributed by atoms with Crippen molar-refractivity contribution in [1.82, 2.24) is 0 Å². The minimum Gasteiger partial charge on any atom is -0.456 e. The van der Waals surface area contributed by atoms with Crippen LogP contribution in [0.3, 0.4) is 0 Å². The fourth-order valence-electron chi connectivity index (χ4n) is 8.02. The molecule has 10 aromatic rings. The standard InChI is InChI=1S/C48H30NO2/c1-4-10-30(11-5-1)33-16-17-35-25-44-39(38(35)22-33)24-36(32-14-8-3-9-15-32)29-49(44)37-19-21-46-41(26-37)43-28-47-42(27-48(43)51-46)40-23-34(18-20-45(40)50-47)31-12-6-2-7-13-31/h1-24,26-29H,25H2/q+1. The molecular weight excluding hydrogens is 623 g/mol. The Morgan fingerprint density at radius 1 is 0.373 bits per heavy atom. The Kier molecular flexibility index (Phi) is 6.02. The predicted molar refractivity (Wildman–Crippen MR) is 207 cm³/mol. The van der Waals surface area contributed by atoms with Crippen LogP contribution in [0.2, 0.25) is 0 Å². The summed E-state index contributed by atoms with van der Waals surface area (Å²) in [6, 6.07) is 58.4. The topological polar surface area (TPSA) is 30.2 Å². The molecule has 0 N–H and O–H groups in total. The van der Waals surface area contributed by atoms with Gasteiger partial charge < -0.3 is 8.83 Å². The van der Waals surface area contributed by atoms with Crippen LogP contribution in [0.1, 0.15) is 11.3 Å². The van der Waals surface area contributed by atoms with Crippen molar-refractivity contribution in [3.63, 3.8) is 0 Å². The first-order chi connectivity index (χ1) is 25.2.